The van der Waals surface area contributed by atoms with E-state index in [0.717, 1.165) is 4.88 Å². The molecule has 0 aromatic carbocycles. The highest BCUT2D eigenvalue weighted by molar-refractivity contribution is 7.14. The van der Waals surface area contributed by atoms with Crippen LogP contribution in [0.15, 0.2) is 24.5 Å². The number of thiophene rings is 1. The quantitative estimate of drug-likeness (QED) is 0.920. The van der Waals surface area contributed by atoms with Crippen molar-refractivity contribution in [3.8, 4) is 5.75 Å². The topological polar surface area (TPSA) is 64.4 Å². The van der Waals surface area contributed by atoms with E-state index in [1.54, 1.807) is 10.9 Å². The summed E-state index contributed by atoms with van der Waals surface area (Å²) in [4.78, 5) is 12.5. The van der Waals surface area contributed by atoms with Gasteiger partial charge in [0.15, 0.2) is 4.88 Å². The molecule has 0 spiro atoms. The van der Waals surface area contributed by atoms with Gasteiger partial charge in [0.1, 0.15) is 12.4 Å². The van der Waals surface area contributed by atoms with Crippen LogP contribution in [0.2, 0.25) is 0 Å². The van der Waals surface area contributed by atoms with E-state index in [4.69, 9.17) is 4.74 Å². The molecule has 2 heterocycles. The van der Waals surface area contributed by atoms with Crippen LogP contribution >= 0.6 is 11.3 Å². The SMILES string of the molecule is CC(C)(C)c1cc(OCCn2cccn2)c(C(=O)O)s1. The van der Waals surface area contributed by atoms with Gasteiger partial charge in [0.25, 0.3) is 0 Å². The summed E-state index contributed by atoms with van der Waals surface area (Å²) in [6, 6.07) is 3.67. The van der Waals surface area contributed by atoms with Crippen LogP contribution in [0.3, 0.4) is 0 Å². The van der Waals surface area contributed by atoms with Crippen molar-refractivity contribution in [2.24, 2.45) is 0 Å². The van der Waals surface area contributed by atoms with E-state index in [2.05, 4.69) is 25.9 Å². The maximum Gasteiger partial charge on any atom is 0.349 e. The molecular formula is C14H18N2O3S. The minimum Gasteiger partial charge on any atom is -0.490 e. The van der Waals surface area contributed by atoms with Crippen LogP contribution in [0.5, 0.6) is 5.75 Å². The van der Waals surface area contributed by atoms with Gasteiger partial charge in [-0.3, -0.25) is 4.68 Å². The van der Waals surface area contributed by atoms with Crippen LogP contribution in [0.4, 0.5) is 0 Å². The molecule has 0 radical (unpaired) electrons. The molecule has 1 N–H and O–H groups in total. The number of aromatic nitrogens is 2. The summed E-state index contributed by atoms with van der Waals surface area (Å²) < 4.78 is 7.36. The lowest BCUT2D eigenvalue weighted by atomic mass is 9.95. The van der Waals surface area contributed by atoms with Crippen LogP contribution < -0.4 is 4.74 Å². The van der Waals surface area contributed by atoms with Crippen molar-refractivity contribution in [1.29, 1.82) is 0 Å². The summed E-state index contributed by atoms with van der Waals surface area (Å²) in [7, 11) is 0. The zero-order chi connectivity index (χ0) is 14.8. The van der Waals surface area contributed by atoms with Crippen molar-refractivity contribution in [1.82, 2.24) is 9.78 Å². The Morgan fingerprint density at radius 2 is 2.25 bits per heavy atom. The Morgan fingerprint density at radius 1 is 1.50 bits per heavy atom. The van der Waals surface area contributed by atoms with Gasteiger partial charge in [-0.05, 0) is 17.5 Å². The molecule has 0 aliphatic carbocycles. The molecule has 2 aromatic rings. The minimum atomic E-state index is -0.945. The maximum absolute atomic E-state index is 11.3. The molecule has 108 valence electrons. The number of aromatic carboxylic acids is 1. The van der Waals surface area contributed by atoms with Crippen molar-refractivity contribution in [3.63, 3.8) is 0 Å². The number of rotatable bonds is 5. The fraction of sp³-hybridized carbons (Fsp3) is 0.429. The number of carbonyl (C=O) groups is 1. The van der Waals surface area contributed by atoms with Crippen molar-refractivity contribution in [2.75, 3.05) is 6.61 Å². The molecule has 0 unspecified atom stereocenters. The number of nitrogens with zero attached hydrogens (tertiary/aromatic N) is 2. The molecular weight excluding hydrogens is 276 g/mol. The van der Waals surface area contributed by atoms with Crippen LogP contribution in [0, 0.1) is 0 Å². The fourth-order valence-electron chi connectivity index (χ4n) is 1.68. The number of hydrogen-bond donors (Lipinski definition) is 1. The molecule has 0 atom stereocenters. The normalized spacial score (nSPS) is 11.6. The fourth-order valence-corrected chi connectivity index (χ4v) is 2.68. The van der Waals surface area contributed by atoms with Gasteiger partial charge >= 0.3 is 5.97 Å². The van der Waals surface area contributed by atoms with Gasteiger partial charge in [-0.1, -0.05) is 20.8 Å². The second-order valence-electron chi connectivity index (χ2n) is 5.48. The largest absolute Gasteiger partial charge is 0.490 e. The highest BCUT2D eigenvalue weighted by Gasteiger charge is 2.23. The Balaban J connectivity index is 2.09. The van der Waals surface area contributed by atoms with Gasteiger partial charge < -0.3 is 9.84 Å². The van der Waals surface area contributed by atoms with E-state index in [1.165, 1.54) is 11.3 Å². The van der Waals surface area contributed by atoms with Gasteiger partial charge in [0, 0.05) is 17.3 Å². The summed E-state index contributed by atoms with van der Waals surface area (Å²) in [5.74, 6) is -0.501. The number of hydrogen-bond acceptors (Lipinski definition) is 4. The predicted molar refractivity (Wildman–Crippen MR) is 77.7 cm³/mol. The first-order valence-corrected chi connectivity index (χ1v) is 7.17. The molecule has 0 aliphatic rings. The Bertz CT molecular complexity index is 582. The molecule has 5 nitrogen and oxygen atoms in total. The van der Waals surface area contributed by atoms with E-state index in [1.807, 2.05) is 18.3 Å². The van der Waals surface area contributed by atoms with Crippen molar-refractivity contribution < 1.29 is 14.6 Å². The van der Waals surface area contributed by atoms with Crippen LogP contribution in [0.25, 0.3) is 0 Å². The van der Waals surface area contributed by atoms with Crippen molar-refractivity contribution in [2.45, 2.75) is 32.7 Å². The molecule has 0 aliphatic heterocycles. The predicted octanol–water partition coefficient (Wildman–Crippen LogP) is 3.02. The first-order valence-electron chi connectivity index (χ1n) is 6.36. The average molecular weight is 294 g/mol. The summed E-state index contributed by atoms with van der Waals surface area (Å²) in [5, 5.41) is 13.3. The number of carboxylic acids is 1. The standard InChI is InChI=1S/C14H18N2O3S/c1-14(2,3)11-9-10(12(20-11)13(17)18)19-8-7-16-6-4-5-15-16/h4-6,9H,7-8H2,1-3H3,(H,17,18). The molecule has 0 saturated carbocycles. The lowest BCUT2D eigenvalue weighted by Crippen LogP contribution is -2.10. The molecule has 0 amide bonds. The van der Waals surface area contributed by atoms with Gasteiger partial charge in [-0.25, -0.2) is 4.79 Å². The highest BCUT2D eigenvalue weighted by atomic mass is 32.1. The van der Waals surface area contributed by atoms with Crippen LogP contribution in [-0.4, -0.2) is 27.5 Å². The zero-order valence-corrected chi connectivity index (χ0v) is 12.6. The molecule has 6 heteroatoms. The van der Waals surface area contributed by atoms with Gasteiger partial charge in [0.2, 0.25) is 0 Å². The smallest absolute Gasteiger partial charge is 0.349 e. The van der Waals surface area contributed by atoms with Crippen molar-refractivity contribution in [3.05, 3.63) is 34.3 Å². The molecule has 0 fully saturated rings. The maximum atomic E-state index is 11.3. The van der Waals surface area contributed by atoms with E-state index in [0.29, 0.717) is 18.9 Å². The number of ether oxygens (including phenoxy) is 1. The van der Waals surface area contributed by atoms with E-state index in [9.17, 15) is 9.90 Å². The van der Waals surface area contributed by atoms with E-state index < -0.39 is 5.97 Å². The summed E-state index contributed by atoms with van der Waals surface area (Å²) in [6.45, 7) is 7.14. The summed E-state index contributed by atoms with van der Waals surface area (Å²) in [6.07, 6.45) is 3.54. The van der Waals surface area contributed by atoms with Gasteiger partial charge in [0.05, 0.1) is 6.54 Å². The summed E-state index contributed by atoms with van der Waals surface area (Å²) >= 11 is 1.28. The Morgan fingerprint density at radius 3 is 2.80 bits per heavy atom. The third-order valence-corrected chi connectivity index (χ3v) is 4.30. The summed E-state index contributed by atoms with van der Waals surface area (Å²) in [5.41, 5.74) is -0.0849. The van der Waals surface area contributed by atoms with Crippen molar-refractivity contribution >= 4 is 17.3 Å². The molecule has 20 heavy (non-hydrogen) atoms. The third-order valence-electron chi connectivity index (χ3n) is 2.77. The molecule has 2 rings (SSSR count). The molecule has 2 aromatic heterocycles. The minimum absolute atomic E-state index is 0.0849. The third kappa shape index (κ3) is 3.39. The first-order chi connectivity index (χ1) is 9.38. The van der Waals surface area contributed by atoms with E-state index >= 15 is 0 Å². The zero-order valence-electron chi connectivity index (χ0n) is 11.8. The van der Waals surface area contributed by atoms with Gasteiger partial charge in [-0.2, -0.15) is 5.10 Å². The van der Waals surface area contributed by atoms with E-state index in [-0.39, 0.29) is 10.3 Å². The average Bonchev–Trinajstić information content (AvgIpc) is 2.96. The monoisotopic (exact) mass is 294 g/mol. The number of carboxylic acid groups (broad SMARTS) is 1. The van der Waals surface area contributed by atoms with Gasteiger partial charge in [-0.15, -0.1) is 11.3 Å². The Hall–Kier alpha value is -1.82. The Kier molecular flexibility index (Phi) is 4.13. The lowest BCUT2D eigenvalue weighted by molar-refractivity contribution is 0.0698. The lowest BCUT2D eigenvalue weighted by Gasteiger charge is -2.14. The van der Waals surface area contributed by atoms with Crippen LogP contribution in [-0.2, 0) is 12.0 Å². The second kappa shape index (κ2) is 5.66. The molecule has 0 saturated heterocycles. The second-order valence-corrected chi connectivity index (χ2v) is 6.53. The molecule has 0 bridgehead atoms. The first kappa shape index (κ1) is 14.6. The Labute approximate surface area is 121 Å². The van der Waals surface area contributed by atoms with Crippen LogP contribution in [0.1, 0.15) is 35.3 Å². The highest BCUT2D eigenvalue weighted by Crippen LogP contribution is 2.36.